The second-order valence-electron chi connectivity index (χ2n) is 4.33. The van der Waals surface area contributed by atoms with Crippen LogP contribution >= 0.6 is 0 Å². The van der Waals surface area contributed by atoms with Gasteiger partial charge in [0.05, 0.1) is 12.6 Å². The number of hydrogen-bond acceptors (Lipinski definition) is 5. The largest absolute Gasteiger partial charge is 0.480 e. The van der Waals surface area contributed by atoms with Crippen LogP contribution in [0, 0.1) is 5.92 Å². The first-order valence-corrected chi connectivity index (χ1v) is 6.08. The van der Waals surface area contributed by atoms with Crippen molar-refractivity contribution in [2.45, 2.75) is 32.4 Å². The third-order valence-electron chi connectivity index (χ3n) is 2.81. The molecular formula is C11H22N4O4. The van der Waals surface area contributed by atoms with E-state index in [2.05, 4.69) is 10.6 Å². The second-order valence-corrected chi connectivity index (χ2v) is 4.33. The summed E-state index contributed by atoms with van der Waals surface area (Å²) in [6.07, 6.45) is 0.613. The van der Waals surface area contributed by atoms with Gasteiger partial charge in [0.15, 0.2) is 0 Å². The molecule has 3 unspecified atom stereocenters. The van der Waals surface area contributed by atoms with Crippen LogP contribution in [0.15, 0.2) is 0 Å². The highest BCUT2D eigenvalue weighted by molar-refractivity contribution is 5.89. The molecule has 7 N–H and O–H groups in total. The number of carboxylic acids is 1. The molecule has 0 fully saturated rings. The maximum Gasteiger partial charge on any atom is 0.326 e. The van der Waals surface area contributed by atoms with Crippen LogP contribution in [0.5, 0.6) is 0 Å². The van der Waals surface area contributed by atoms with E-state index in [1.807, 2.05) is 6.92 Å². The first-order valence-electron chi connectivity index (χ1n) is 6.08. The van der Waals surface area contributed by atoms with Gasteiger partial charge in [0, 0.05) is 6.54 Å². The smallest absolute Gasteiger partial charge is 0.326 e. The number of carbonyl (C=O) groups excluding carboxylic acids is 2. The Morgan fingerprint density at radius 3 is 2.32 bits per heavy atom. The van der Waals surface area contributed by atoms with Crippen molar-refractivity contribution in [3.05, 3.63) is 0 Å². The number of nitrogens with two attached hydrogens (primary N) is 2. The molecule has 8 heteroatoms. The van der Waals surface area contributed by atoms with Gasteiger partial charge in [-0.3, -0.25) is 9.59 Å². The monoisotopic (exact) mass is 274 g/mol. The highest BCUT2D eigenvalue weighted by Gasteiger charge is 2.25. The van der Waals surface area contributed by atoms with E-state index in [-0.39, 0.29) is 19.0 Å². The van der Waals surface area contributed by atoms with Gasteiger partial charge < -0.3 is 27.2 Å². The summed E-state index contributed by atoms with van der Waals surface area (Å²) in [5.74, 6) is -2.44. The zero-order chi connectivity index (χ0) is 15.0. The van der Waals surface area contributed by atoms with Crippen molar-refractivity contribution in [1.29, 1.82) is 0 Å². The van der Waals surface area contributed by atoms with E-state index in [0.717, 1.165) is 0 Å². The lowest BCUT2D eigenvalue weighted by molar-refractivity contribution is -0.143. The summed E-state index contributed by atoms with van der Waals surface area (Å²) in [7, 11) is 0. The minimum Gasteiger partial charge on any atom is -0.480 e. The third-order valence-corrected chi connectivity index (χ3v) is 2.81. The molecule has 8 nitrogen and oxygen atoms in total. The van der Waals surface area contributed by atoms with Gasteiger partial charge in [-0.2, -0.15) is 0 Å². The molecule has 0 heterocycles. The van der Waals surface area contributed by atoms with Gasteiger partial charge in [0.25, 0.3) is 0 Å². The summed E-state index contributed by atoms with van der Waals surface area (Å²) in [4.78, 5) is 33.8. The lowest BCUT2D eigenvalue weighted by Gasteiger charge is -2.20. The minimum absolute atomic E-state index is 0.0297. The number of amides is 2. The maximum absolute atomic E-state index is 11.5. The Morgan fingerprint density at radius 2 is 1.89 bits per heavy atom. The SMILES string of the molecule is CCC(C)C(NC(=O)CNC(=O)C(N)CN)C(=O)O. The van der Waals surface area contributed by atoms with E-state index >= 15 is 0 Å². The first-order chi connectivity index (χ1) is 8.83. The lowest BCUT2D eigenvalue weighted by Crippen LogP contribution is -2.51. The predicted molar refractivity (Wildman–Crippen MR) is 69.1 cm³/mol. The molecule has 0 saturated carbocycles. The summed E-state index contributed by atoms with van der Waals surface area (Å²) in [5.41, 5.74) is 10.6. The van der Waals surface area contributed by atoms with Crippen LogP contribution in [0.2, 0.25) is 0 Å². The molecule has 0 aromatic carbocycles. The average molecular weight is 274 g/mol. The summed E-state index contributed by atoms with van der Waals surface area (Å²) < 4.78 is 0. The maximum atomic E-state index is 11.5. The van der Waals surface area contributed by atoms with E-state index < -0.39 is 29.9 Å². The zero-order valence-corrected chi connectivity index (χ0v) is 11.2. The highest BCUT2D eigenvalue weighted by atomic mass is 16.4. The van der Waals surface area contributed by atoms with Gasteiger partial charge in [-0.1, -0.05) is 20.3 Å². The van der Waals surface area contributed by atoms with Gasteiger partial charge >= 0.3 is 5.97 Å². The van der Waals surface area contributed by atoms with Crippen LogP contribution in [0.1, 0.15) is 20.3 Å². The molecule has 0 bridgehead atoms. The number of hydrogen-bond donors (Lipinski definition) is 5. The molecule has 0 aliphatic heterocycles. The van der Waals surface area contributed by atoms with E-state index in [4.69, 9.17) is 16.6 Å². The van der Waals surface area contributed by atoms with Gasteiger partial charge in [-0.25, -0.2) is 4.79 Å². The Hall–Kier alpha value is -1.67. The van der Waals surface area contributed by atoms with Gasteiger partial charge in [-0.15, -0.1) is 0 Å². The van der Waals surface area contributed by atoms with Crippen molar-refractivity contribution in [2.75, 3.05) is 13.1 Å². The zero-order valence-electron chi connectivity index (χ0n) is 11.2. The molecule has 0 saturated heterocycles. The third kappa shape index (κ3) is 6.16. The summed E-state index contributed by atoms with van der Waals surface area (Å²) in [6.45, 7) is 3.20. The molecular weight excluding hydrogens is 252 g/mol. The number of rotatable bonds is 8. The van der Waals surface area contributed by atoms with Crippen LogP contribution in [0.25, 0.3) is 0 Å². The fourth-order valence-electron chi connectivity index (χ4n) is 1.31. The first kappa shape index (κ1) is 17.3. The van der Waals surface area contributed by atoms with Crippen molar-refractivity contribution >= 4 is 17.8 Å². The predicted octanol–water partition coefficient (Wildman–Crippen LogP) is -2.00. The fraction of sp³-hybridized carbons (Fsp3) is 0.727. The van der Waals surface area contributed by atoms with Crippen LogP contribution in [0.4, 0.5) is 0 Å². The molecule has 110 valence electrons. The highest BCUT2D eigenvalue weighted by Crippen LogP contribution is 2.07. The van der Waals surface area contributed by atoms with Crippen LogP contribution in [-0.4, -0.2) is 48.1 Å². The molecule has 0 radical (unpaired) electrons. The van der Waals surface area contributed by atoms with Gasteiger partial charge in [0.2, 0.25) is 11.8 Å². The molecule has 0 rings (SSSR count). The topological polar surface area (TPSA) is 148 Å². The summed E-state index contributed by atoms with van der Waals surface area (Å²) in [5, 5.41) is 13.6. The van der Waals surface area contributed by atoms with Crippen LogP contribution in [0.3, 0.4) is 0 Å². The Labute approximate surface area is 111 Å². The molecule has 3 atom stereocenters. The van der Waals surface area contributed by atoms with E-state index in [1.165, 1.54) is 0 Å². The lowest BCUT2D eigenvalue weighted by atomic mass is 9.99. The molecule has 0 spiro atoms. The Bertz CT molecular complexity index is 335. The van der Waals surface area contributed by atoms with Gasteiger partial charge in [0.1, 0.15) is 6.04 Å². The number of aliphatic carboxylic acids is 1. The molecule has 0 aromatic heterocycles. The minimum atomic E-state index is -1.10. The summed E-state index contributed by atoms with van der Waals surface area (Å²) in [6, 6.07) is -1.85. The molecule has 0 aromatic rings. The number of carboxylic acid groups (broad SMARTS) is 1. The fourth-order valence-corrected chi connectivity index (χ4v) is 1.31. The Balaban J connectivity index is 4.28. The molecule has 2 amide bonds. The van der Waals surface area contributed by atoms with Crippen LogP contribution < -0.4 is 22.1 Å². The van der Waals surface area contributed by atoms with E-state index in [9.17, 15) is 14.4 Å². The second kappa shape index (κ2) is 8.44. The molecule has 19 heavy (non-hydrogen) atoms. The van der Waals surface area contributed by atoms with Crippen LogP contribution in [-0.2, 0) is 14.4 Å². The molecule has 0 aliphatic rings. The van der Waals surface area contributed by atoms with Crippen molar-refractivity contribution < 1.29 is 19.5 Å². The molecule has 0 aliphatic carbocycles. The average Bonchev–Trinajstić information content (AvgIpc) is 2.39. The van der Waals surface area contributed by atoms with E-state index in [0.29, 0.717) is 6.42 Å². The van der Waals surface area contributed by atoms with Crippen molar-refractivity contribution in [1.82, 2.24) is 10.6 Å². The normalized spacial score (nSPS) is 15.2. The Morgan fingerprint density at radius 1 is 1.32 bits per heavy atom. The van der Waals surface area contributed by atoms with Crippen molar-refractivity contribution in [3.63, 3.8) is 0 Å². The number of nitrogens with one attached hydrogen (secondary N) is 2. The van der Waals surface area contributed by atoms with Crippen molar-refractivity contribution in [2.24, 2.45) is 17.4 Å². The quantitative estimate of drug-likeness (QED) is 0.346. The standard InChI is InChI=1S/C11H22N4O4/c1-3-6(2)9(11(18)19)15-8(16)5-14-10(17)7(13)4-12/h6-7,9H,3-5,12-13H2,1-2H3,(H,14,17)(H,15,16)(H,18,19). The Kier molecular flexibility index (Phi) is 7.69. The summed E-state index contributed by atoms with van der Waals surface area (Å²) >= 11 is 0. The van der Waals surface area contributed by atoms with Crippen molar-refractivity contribution in [3.8, 4) is 0 Å². The van der Waals surface area contributed by atoms with Gasteiger partial charge in [-0.05, 0) is 5.92 Å². The van der Waals surface area contributed by atoms with E-state index in [1.54, 1.807) is 6.92 Å². The number of carbonyl (C=O) groups is 3.